The molecule has 1 aliphatic heterocycles. The molecule has 1 atom stereocenters. The van der Waals surface area contributed by atoms with E-state index in [0.29, 0.717) is 23.8 Å². The number of nitrogens with zero attached hydrogens (tertiary/aromatic N) is 3. The second kappa shape index (κ2) is 10.5. The van der Waals surface area contributed by atoms with Crippen LogP contribution in [0, 0.1) is 13.8 Å². The van der Waals surface area contributed by atoms with Gasteiger partial charge in [0.1, 0.15) is 0 Å². The molecule has 1 amide bonds. The number of aryl methyl sites for hydroxylation is 2. The average Bonchev–Trinajstić information content (AvgIpc) is 3.16. The first-order valence-electron chi connectivity index (χ1n) is 10.5. The molecule has 188 valence electrons. The van der Waals surface area contributed by atoms with E-state index in [1.807, 2.05) is 43.0 Å². The number of benzene rings is 1. The molecule has 13 heteroatoms. The molecule has 1 aromatic carbocycles. The Bertz CT molecular complexity index is 1300. The Hall–Kier alpha value is -3.38. The van der Waals surface area contributed by atoms with E-state index in [9.17, 15) is 22.8 Å². The van der Waals surface area contributed by atoms with Crippen LogP contribution in [0.4, 0.5) is 13.2 Å². The van der Waals surface area contributed by atoms with Crippen LogP contribution < -0.4 is 10.9 Å². The van der Waals surface area contributed by atoms with Gasteiger partial charge >= 0.3 is 12.1 Å². The van der Waals surface area contributed by atoms with Crippen molar-refractivity contribution in [2.45, 2.75) is 32.5 Å². The number of alkyl halides is 3. The number of carboxylic acids is 1. The van der Waals surface area contributed by atoms with Crippen molar-refractivity contribution < 1.29 is 27.9 Å². The SMILES string of the molecule is Cc1nc2cc(=O)[nH]n2c(C)c1CC(=O)N1CCNC(c2cccc(Cl)c2)C1.O=C(O)C(F)(F)F. The number of aromatic amines is 1. The third-order valence-corrected chi connectivity index (χ3v) is 5.79. The van der Waals surface area contributed by atoms with Gasteiger partial charge in [0.15, 0.2) is 5.65 Å². The number of rotatable bonds is 3. The zero-order valence-electron chi connectivity index (χ0n) is 18.8. The number of carboxylic acid groups (broad SMARTS) is 1. The molecule has 3 heterocycles. The Morgan fingerprint density at radius 1 is 1.26 bits per heavy atom. The zero-order chi connectivity index (χ0) is 25.9. The number of nitrogens with one attached hydrogen (secondary N) is 2. The summed E-state index contributed by atoms with van der Waals surface area (Å²) in [5.74, 6) is -2.71. The van der Waals surface area contributed by atoms with E-state index in [-0.39, 0.29) is 23.9 Å². The minimum absolute atomic E-state index is 0.0513. The van der Waals surface area contributed by atoms with Gasteiger partial charge in [-0.1, -0.05) is 23.7 Å². The second-order valence-electron chi connectivity index (χ2n) is 7.96. The van der Waals surface area contributed by atoms with E-state index in [1.54, 1.807) is 4.52 Å². The van der Waals surface area contributed by atoms with Gasteiger partial charge in [-0.05, 0) is 31.5 Å². The lowest BCUT2D eigenvalue weighted by atomic mass is 10.0. The standard InChI is InChI=1S/C20H22ClN5O2.C2HF3O2/c1-12-16(13(2)26-18(23-12)10-19(27)24-26)9-20(28)25-7-6-22-17(11-25)14-4-3-5-15(21)8-14;3-2(4,5)1(6)7/h3-5,8,10,17,22H,6-7,9,11H2,1-2H3,(H,24,27);(H,6,7). The molecule has 1 unspecified atom stereocenters. The number of fused-ring (bicyclic) bond motifs is 1. The highest BCUT2D eigenvalue weighted by Gasteiger charge is 2.38. The van der Waals surface area contributed by atoms with Crippen LogP contribution in [0.25, 0.3) is 5.65 Å². The van der Waals surface area contributed by atoms with Gasteiger partial charge in [0.2, 0.25) is 5.91 Å². The maximum Gasteiger partial charge on any atom is 0.490 e. The maximum atomic E-state index is 13.0. The van der Waals surface area contributed by atoms with Crippen LogP contribution in [0.2, 0.25) is 5.02 Å². The molecule has 3 aromatic rings. The van der Waals surface area contributed by atoms with Crippen molar-refractivity contribution in [3.8, 4) is 0 Å². The highest BCUT2D eigenvalue weighted by atomic mass is 35.5. The van der Waals surface area contributed by atoms with Crippen molar-refractivity contribution in [3.63, 3.8) is 0 Å². The van der Waals surface area contributed by atoms with Gasteiger partial charge in [0.05, 0.1) is 6.42 Å². The lowest BCUT2D eigenvalue weighted by molar-refractivity contribution is -0.192. The minimum atomic E-state index is -5.08. The number of carbonyl (C=O) groups excluding carboxylic acids is 1. The monoisotopic (exact) mass is 513 g/mol. The number of aromatic nitrogens is 3. The third kappa shape index (κ3) is 6.40. The van der Waals surface area contributed by atoms with E-state index in [2.05, 4.69) is 15.4 Å². The van der Waals surface area contributed by atoms with Gasteiger partial charge in [-0.25, -0.2) is 14.3 Å². The van der Waals surface area contributed by atoms with Crippen LogP contribution >= 0.6 is 11.6 Å². The van der Waals surface area contributed by atoms with Crippen LogP contribution in [0.1, 0.15) is 28.6 Å². The highest BCUT2D eigenvalue weighted by molar-refractivity contribution is 6.30. The minimum Gasteiger partial charge on any atom is -0.475 e. The predicted octanol–water partition coefficient (Wildman–Crippen LogP) is 2.64. The number of H-pyrrole nitrogens is 1. The number of halogens is 4. The van der Waals surface area contributed by atoms with Crippen LogP contribution in [0.15, 0.2) is 35.1 Å². The van der Waals surface area contributed by atoms with Crippen LogP contribution in [-0.2, 0) is 16.0 Å². The summed E-state index contributed by atoms with van der Waals surface area (Å²) in [5, 5.41) is 14.0. The maximum absolute atomic E-state index is 13.0. The molecular formula is C22H23ClF3N5O4. The van der Waals surface area contributed by atoms with E-state index in [0.717, 1.165) is 29.1 Å². The van der Waals surface area contributed by atoms with Gasteiger partial charge in [-0.15, -0.1) is 0 Å². The second-order valence-corrected chi connectivity index (χ2v) is 8.39. The van der Waals surface area contributed by atoms with E-state index >= 15 is 0 Å². The molecule has 0 saturated carbocycles. The first-order chi connectivity index (χ1) is 16.4. The smallest absolute Gasteiger partial charge is 0.475 e. The van der Waals surface area contributed by atoms with Crippen LogP contribution in [-0.4, -0.2) is 62.3 Å². The van der Waals surface area contributed by atoms with Gasteiger partial charge in [0.25, 0.3) is 5.56 Å². The molecule has 1 saturated heterocycles. The molecule has 4 rings (SSSR count). The van der Waals surface area contributed by atoms with Crippen molar-refractivity contribution in [2.75, 3.05) is 19.6 Å². The van der Waals surface area contributed by atoms with Gasteiger partial charge in [0, 0.05) is 53.7 Å². The Balaban J connectivity index is 0.000000429. The number of carbonyl (C=O) groups is 2. The fourth-order valence-electron chi connectivity index (χ4n) is 3.80. The number of hydrogen-bond acceptors (Lipinski definition) is 5. The molecule has 0 aliphatic carbocycles. The molecule has 3 N–H and O–H groups in total. The number of hydrogen-bond donors (Lipinski definition) is 3. The zero-order valence-corrected chi connectivity index (χ0v) is 19.6. The third-order valence-electron chi connectivity index (χ3n) is 5.55. The average molecular weight is 514 g/mol. The Labute approximate surface area is 202 Å². The fraction of sp³-hybridized carbons (Fsp3) is 0.364. The normalized spacial score (nSPS) is 16.1. The highest BCUT2D eigenvalue weighted by Crippen LogP contribution is 2.22. The van der Waals surface area contributed by atoms with E-state index in [1.165, 1.54) is 6.07 Å². The Morgan fingerprint density at radius 2 is 1.94 bits per heavy atom. The van der Waals surface area contributed by atoms with Crippen LogP contribution in [0.3, 0.4) is 0 Å². The van der Waals surface area contributed by atoms with Crippen molar-refractivity contribution in [1.82, 2.24) is 24.8 Å². The lowest BCUT2D eigenvalue weighted by Crippen LogP contribution is -2.48. The molecule has 0 bridgehead atoms. The molecule has 0 radical (unpaired) electrons. The molecular weight excluding hydrogens is 491 g/mol. The Kier molecular flexibility index (Phi) is 7.86. The van der Waals surface area contributed by atoms with Gasteiger partial charge < -0.3 is 15.3 Å². The summed E-state index contributed by atoms with van der Waals surface area (Å²) < 4.78 is 33.4. The van der Waals surface area contributed by atoms with Crippen molar-refractivity contribution >= 4 is 29.1 Å². The largest absolute Gasteiger partial charge is 0.490 e. The summed E-state index contributed by atoms with van der Waals surface area (Å²) in [6.07, 6.45) is -4.83. The summed E-state index contributed by atoms with van der Waals surface area (Å²) in [7, 11) is 0. The molecule has 0 spiro atoms. The molecule has 2 aromatic heterocycles. The molecule has 1 aliphatic rings. The van der Waals surface area contributed by atoms with E-state index in [4.69, 9.17) is 21.5 Å². The number of amides is 1. The lowest BCUT2D eigenvalue weighted by Gasteiger charge is -2.34. The summed E-state index contributed by atoms with van der Waals surface area (Å²) in [6.45, 7) is 5.74. The molecule has 9 nitrogen and oxygen atoms in total. The number of piperazine rings is 1. The van der Waals surface area contributed by atoms with E-state index < -0.39 is 12.1 Å². The quantitative estimate of drug-likeness (QED) is 0.495. The van der Waals surface area contributed by atoms with Crippen molar-refractivity contribution in [1.29, 1.82) is 0 Å². The van der Waals surface area contributed by atoms with Gasteiger partial charge in [-0.3, -0.25) is 14.7 Å². The van der Waals surface area contributed by atoms with Crippen LogP contribution in [0.5, 0.6) is 0 Å². The molecule has 35 heavy (non-hydrogen) atoms. The summed E-state index contributed by atoms with van der Waals surface area (Å²) in [5.41, 5.74) is 3.89. The topological polar surface area (TPSA) is 120 Å². The number of aliphatic carboxylic acids is 1. The molecule has 1 fully saturated rings. The van der Waals surface area contributed by atoms with Crippen molar-refractivity contribution in [3.05, 3.63) is 68.2 Å². The fourth-order valence-corrected chi connectivity index (χ4v) is 4.00. The summed E-state index contributed by atoms with van der Waals surface area (Å²) >= 11 is 6.11. The first-order valence-corrected chi connectivity index (χ1v) is 10.9. The summed E-state index contributed by atoms with van der Waals surface area (Å²) in [6, 6.07) is 9.23. The van der Waals surface area contributed by atoms with Crippen molar-refractivity contribution in [2.24, 2.45) is 0 Å². The predicted molar refractivity (Wildman–Crippen MR) is 121 cm³/mol. The van der Waals surface area contributed by atoms with Gasteiger partial charge in [-0.2, -0.15) is 13.2 Å². The first kappa shape index (κ1) is 26.2. The summed E-state index contributed by atoms with van der Waals surface area (Å²) in [4.78, 5) is 39.9. The Morgan fingerprint density at radius 3 is 2.57 bits per heavy atom.